The van der Waals surface area contributed by atoms with Crippen LogP contribution in [-0.2, 0) is 14.3 Å². The zero-order valence-corrected chi connectivity index (χ0v) is 20.0. The molecule has 1 N–H and O–H groups in total. The Morgan fingerprint density at radius 1 is 1.09 bits per heavy atom. The lowest BCUT2D eigenvalue weighted by Gasteiger charge is -2.36. The standard InChI is InChI=1S/C27H28N2O6/c1-4-13-35-27(31)24-16(2)28-22-14-19(17-7-11-21(34-3)12-8-17)15-23(30)26(22)25(24)18-5-9-20(10-6-18)29(32)33/h5-12,19,25,28H,4,13-15H2,1-3H3/t19-,25-/m1/s1. The van der Waals surface area contributed by atoms with Crippen LogP contribution in [0.5, 0.6) is 5.75 Å². The number of carbonyl (C=O) groups is 2. The number of dihydropyridines is 1. The quantitative estimate of drug-likeness (QED) is 0.343. The predicted octanol–water partition coefficient (Wildman–Crippen LogP) is 4.92. The first-order valence-electron chi connectivity index (χ1n) is 11.6. The van der Waals surface area contributed by atoms with E-state index in [4.69, 9.17) is 9.47 Å². The normalized spacial score (nSPS) is 19.7. The monoisotopic (exact) mass is 476 g/mol. The molecule has 0 spiro atoms. The fraction of sp³-hybridized carbons (Fsp3) is 0.333. The Kier molecular flexibility index (Phi) is 7.00. The van der Waals surface area contributed by atoms with Gasteiger partial charge in [-0.2, -0.15) is 0 Å². The minimum atomic E-state index is -0.652. The van der Waals surface area contributed by atoms with Gasteiger partial charge in [0.2, 0.25) is 0 Å². The molecular formula is C27H28N2O6. The Morgan fingerprint density at radius 3 is 2.34 bits per heavy atom. The van der Waals surface area contributed by atoms with Crippen LogP contribution in [-0.4, -0.2) is 30.4 Å². The van der Waals surface area contributed by atoms with Gasteiger partial charge in [-0.1, -0.05) is 31.2 Å². The summed E-state index contributed by atoms with van der Waals surface area (Å²) in [7, 11) is 1.61. The highest BCUT2D eigenvalue weighted by Crippen LogP contribution is 2.46. The van der Waals surface area contributed by atoms with E-state index < -0.39 is 16.8 Å². The Labute approximate surface area is 203 Å². The summed E-state index contributed by atoms with van der Waals surface area (Å²) in [5.41, 5.74) is 3.91. The molecule has 2 aromatic rings. The minimum absolute atomic E-state index is 0.0152. The van der Waals surface area contributed by atoms with Crippen molar-refractivity contribution in [1.82, 2.24) is 5.32 Å². The molecule has 0 aromatic heterocycles. The van der Waals surface area contributed by atoms with E-state index in [9.17, 15) is 19.7 Å². The molecule has 1 aliphatic carbocycles. The first-order valence-corrected chi connectivity index (χ1v) is 11.6. The van der Waals surface area contributed by atoms with Crippen molar-refractivity contribution in [2.24, 2.45) is 0 Å². The van der Waals surface area contributed by atoms with Crippen molar-refractivity contribution in [3.8, 4) is 5.75 Å². The third kappa shape index (κ3) is 4.82. The lowest BCUT2D eigenvalue weighted by Crippen LogP contribution is -2.36. The van der Waals surface area contributed by atoms with Crippen molar-refractivity contribution < 1.29 is 24.0 Å². The number of benzene rings is 2. The summed E-state index contributed by atoms with van der Waals surface area (Å²) < 4.78 is 10.7. The number of nitrogens with one attached hydrogen (secondary N) is 1. The summed E-state index contributed by atoms with van der Waals surface area (Å²) in [4.78, 5) is 37.3. The highest BCUT2D eigenvalue weighted by Gasteiger charge is 2.41. The lowest BCUT2D eigenvalue weighted by atomic mass is 9.71. The van der Waals surface area contributed by atoms with Crippen LogP contribution in [0.2, 0.25) is 0 Å². The van der Waals surface area contributed by atoms with Crippen LogP contribution in [0.3, 0.4) is 0 Å². The molecule has 1 heterocycles. The van der Waals surface area contributed by atoms with Crippen LogP contribution >= 0.6 is 0 Å². The highest BCUT2D eigenvalue weighted by molar-refractivity contribution is 6.04. The summed E-state index contributed by atoms with van der Waals surface area (Å²) in [6.45, 7) is 3.97. The van der Waals surface area contributed by atoms with Crippen LogP contribution in [0.15, 0.2) is 71.1 Å². The largest absolute Gasteiger partial charge is 0.497 e. The van der Waals surface area contributed by atoms with Gasteiger partial charge in [-0.25, -0.2) is 4.79 Å². The van der Waals surface area contributed by atoms with Crippen LogP contribution in [0.4, 0.5) is 5.69 Å². The van der Waals surface area contributed by atoms with E-state index in [0.29, 0.717) is 41.7 Å². The molecular weight excluding hydrogens is 448 g/mol. The Bertz CT molecular complexity index is 1210. The van der Waals surface area contributed by atoms with Crippen molar-refractivity contribution in [3.63, 3.8) is 0 Å². The number of rotatable bonds is 7. The molecule has 0 saturated carbocycles. The Hall–Kier alpha value is -3.94. The molecule has 0 radical (unpaired) electrons. The minimum Gasteiger partial charge on any atom is -0.497 e. The maximum absolute atomic E-state index is 13.6. The van der Waals surface area contributed by atoms with Crippen molar-refractivity contribution >= 4 is 17.4 Å². The third-order valence-corrected chi connectivity index (χ3v) is 6.51. The topological polar surface area (TPSA) is 108 Å². The summed E-state index contributed by atoms with van der Waals surface area (Å²) in [6, 6.07) is 13.7. The SMILES string of the molecule is CCCOC(=O)C1=C(C)NC2=C(C(=O)C[C@H](c3ccc(OC)cc3)C2)[C@@H]1c1ccc([N+](=O)[O-])cc1. The predicted molar refractivity (Wildman–Crippen MR) is 130 cm³/mol. The second kappa shape index (κ2) is 10.1. The average Bonchev–Trinajstić information content (AvgIpc) is 2.86. The number of methoxy groups -OCH3 is 1. The zero-order valence-electron chi connectivity index (χ0n) is 20.0. The van der Waals surface area contributed by atoms with E-state index in [1.807, 2.05) is 31.2 Å². The van der Waals surface area contributed by atoms with Gasteiger partial charge in [0, 0.05) is 41.4 Å². The summed E-state index contributed by atoms with van der Waals surface area (Å²) in [6.07, 6.45) is 1.57. The number of hydrogen-bond acceptors (Lipinski definition) is 7. The van der Waals surface area contributed by atoms with Gasteiger partial charge in [-0.05, 0) is 48.9 Å². The smallest absolute Gasteiger partial charge is 0.336 e. The number of non-ortho nitro benzene ring substituents is 1. The maximum atomic E-state index is 13.6. The van der Waals surface area contributed by atoms with E-state index in [1.54, 1.807) is 26.2 Å². The van der Waals surface area contributed by atoms with Gasteiger partial charge in [0.25, 0.3) is 5.69 Å². The Morgan fingerprint density at radius 2 is 1.74 bits per heavy atom. The molecule has 2 atom stereocenters. The summed E-state index contributed by atoms with van der Waals surface area (Å²) in [5.74, 6) is -0.467. The molecule has 2 aliphatic rings. The molecule has 1 aliphatic heterocycles. The molecule has 0 unspecified atom stereocenters. The summed E-state index contributed by atoms with van der Waals surface area (Å²) in [5, 5.41) is 14.5. The number of carbonyl (C=O) groups excluding carboxylic acids is 2. The molecule has 0 bridgehead atoms. The molecule has 2 aromatic carbocycles. The summed E-state index contributed by atoms with van der Waals surface area (Å²) >= 11 is 0. The van der Waals surface area contributed by atoms with Crippen LogP contribution in [0.25, 0.3) is 0 Å². The molecule has 182 valence electrons. The first-order chi connectivity index (χ1) is 16.8. The second-order valence-corrected chi connectivity index (χ2v) is 8.77. The van der Waals surface area contributed by atoms with Crippen LogP contribution < -0.4 is 10.1 Å². The number of nitrogens with zero attached hydrogens (tertiary/aromatic N) is 1. The highest BCUT2D eigenvalue weighted by atomic mass is 16.6. The molecule has 0 saturated heterocycles. The van der Waals surface area contributed by atoms with E-state index >= 15 is 0 Å². The average molecular weight is 477 g/mol. The fourth-order valence-corrected chi connectivity index (χ4v) is 4.82. The molecule has 8 heteroatoms. The number of nitro groups is 1. The number of hydrogen-bond donors (Lipinski definition) is 1. The lowest BCUT2D eigenvalue weighted by molar-refractivity contribution is -0.384. The van der Waals surface area contributed by atoms with Gasteiger partial charge in [0.15, 0.2) is 5.78 Å². The van der Waals surface area contributed by atoms with E-state index in [1.165, 1.54) is 12.1 Å². The van der Waals surface area contributed by atoms with E-state index in [-0.39, 0.29) is 24.0 Å². The molecule has 0 amide bonds. The van der Waals surface area contributed by atoms with Gasteiger partial charge >= 0.3 is 5.97 Å². The molecule has 0 fully saturated rings. The van der Waals surface area contributed by atoms with Gasteiger partial charge in [0.1, 0.15) is 5.75 Å². The molecule has 35 heavy (non-hydrogen) atoms. The Balaban J connectivity index is 1.75. The number of nitro benzene ring substituents is 1. The number of ketones is 1. The van der Waals surface area contributed by atoms with Gasteiger partial charge in [-0.3, -0.25) is 14.9 Å². The number of esters is 1. The van der Waals surface area contributed by atoms with Crippen LogP contribution in [0, 0.1) is 10.1 Å². The van der Waals surface area contributed by atoms with Crippen molar-refractivity contribution in [2.45, 2.75) is 44.9 Å². The third-order valence-electron chi connectivity index (χ3n) is 6.51. The first kappa shape index (κ1) is 24.2. The number of allylic oxidation sites excluding steroid dienone is 3. The molecule has 4 rings (SSSR count). The van der Waals surface area contributed by atoms with Crippen molar-refractivity contribution in [1.29, 1.82) is 0 Å². The van der Waals surface area contributed by atoms with E-state index in [2.05, 4.69) is 5.32 Å². The van der Waals surface area contributed by atoms with Crippen molar-refractivity contribution in [3.05, 3.63) is 92.3 Å². The second-order valence-electron chi connectivity index (χ2n) is 8.77. The molecule has 8 nitrogen and oxygen atoms in total. The van der Waals surface area contributed by atoms with E-state index in [0.717, 1.165) is 17.0 Å². The van der Waals surface area contributed by atoms with Gasteiger partial charge < -0.3 is 14.8 Å². The van der Waals surface area contributed by atoms with Crippen LogP contribution in [0.1, 0.15) is 56.1 Å². The number of Topliss-reactive ketones (excluding diaryl/α,β-unsaturated/α-hetero) is 1. The fourth-order valence-electron chi connectivity index (χ4n) is 4.82. The number of ether oxygens (including phenoxy) is 2. The van der Waals surface area contributed by atoms with Gasteiger partial charge in [0.05, 0.1) is 24.2 Å². The van der Waals surface area contributed by atoms with Crippen molar-refractivity contribution in [2.75, 3.05) is 13.7 Å². The zero-order chi connectivity index (χ0) is 25.1. The maximum Gasteiger partial charge on any atom is 0.336 e. The van der Waals surface area contributed by atoms with Gasteiger partial charge in [-0.15, -0.1) is 0 Å².